The second kappa shape index (κ2) is 6.68. The quantitative estimate of drug-likeness (QED) is 0.827. The van der Waals surface area contributed by atoms with Crippen LogP contribution in [0.15, 0.2) is 18.2 Å². The summed E-state index contributed by atoms with van der Waals surface area (Å²) in [4.78, 5) is 11.7. The molecule has 0 aromatic heterocycles. The van der Waals surface area contributed by atoms with Gasteiger partial charge in [-0.1, -0.05) is 0 Å². The number of hydrogen-bond acceptors (Lipinski definition) is 4. The zero-order chi connectivity index (χ0) is 17.3. The molecule has 23 heavy (non-hydrogen) atoms. The van der Waals surface area contributed by atoms with Crippen LogP contribution in [-0.2, 0) is 20.8 Å². The van der Waals surface area contributed by atoms with Gasteiger partial charge in [0.2, 0.25) is 5.91 Å². The molecular formula is C13H13F4NO3S2. The molecule has 1 N–H and O–H groups in total. The second-order valence-corrected chi connectivity index (χ2v) is 8.59. The molecule has 1 saturated heterocycles. The van der Waals surface area contributed by atoms with Crippen LogP contribution in [-0.4, -0.2) is 36.8 Å². The lowest BCUT2D eigenvalue weighted by Gasteiger charge is -2.11. The molecule has 1 fully saturated rings. The van der Waals surface area contributed by atoms with Crippen LogP contribution in [0.1, 0.15) is 12.0 Å². The van der Waals surface area contributed by atoms with Crippen molar-refractivity contribution in [1.82, 2.24) is 0 Å². The lowest BCUT2D eigenvalue weighted by Crippen LogP contribution is -2.18. The molecule has 2 rings (SSSR count). The van der Waals surface area contributed by atoms with Crippen molar-refractivity contribution in [3.63, 3.8) is 0 Å². The molecule has 1 aliphatic rings. The fourth-order valence-electron chi connectivity index (χ4n) is 2.10. The third-order valence-corrected chi connectivity index (χ3v) is 6.48. The van der Waals surface area contributed by atoms with E-state index in [1.165, 1.54) is 0 Å². The Morgan fingerprint density at radius 2 is 2.04 bits per heavy atom. The Labute approximate surface area is 134 Å². The number of sulfone groups is 1. The molecule has 0 saturated carbocycles. The number of thioether (sulfide) groups is 1. The first-order chi connectivity index (χ1) is 10.6. The van der Waals surface area contributed by atoms with Gasteiger partial charge in [-0.3, -0.25) is 4.79 Å². The topological polar surface area (TPSA) is 63.2 Å². The summed E-state index contributed by atoms with van der Waals surface area (Å²) < 4.78 is 73.4. The maximum atomic E-state index is 13.1. The summed E-state index contributed by atoms with van der Waals surface area (Å²) >= 11 is 1.14. The SMILES string of the molecule is O=C(CSC1CCS(=O)(=O)C1)Nc1ccc(F)c(C(F)(F)F)c1. The number of carbonyl (C=O) groups excluding carboxylic acids is 1. The van der Waals surface area contributed by atoms with Crippen molar-refractivity contribution in [2.24, 2.45) is 0 Å². The lowest BCUT2D eigenvalue weighted by molar-refractivity contribution is -0.140. The summed E-state index contributed by atoms with van der Waals surface area (Å²) in [5.74, 6) is -1.99. The molecule has 1 aliphatic heterocycles. The molecule has 0 spiro atoms. The zero-order valence-electron chi connectivity index (χ0n) is 11.7. The van der Waals surface area contributed by atoms with E-state index in [9.17, 15) is 30.8 Å². The van der Waals surface area contributed by atoms with E-state index in [0.717, 1.165) is 17.8 Å². The van der Waals surface area contributed by atoms with Gasteiger partial charge in [-0.25, -0.2) is 12.8 Å². The van der Waals surface area contributed by atoms with Gasteiger partial charge < -0.3 is 5.32 Å². The van der Waals surface area contributed by atoms with Gasteiger partial charge in [0.05, 0.1) is 22.8 Å². The first-order valence-electron chi connectivity index (χ1n) is 6.55. The summed E-state index contributed by atoms with van der Waals surface area (Å²) in [5, 5.41) is 2.06. The van der Waals surface area contributed by atoms with Gasteiger partial charge in [0.25, 0.3) is 0 Å². The summed E-state index contributed by atoms with van der Waals surface area (Å²) in [6, 6.07) is 2.19. The van der Waals surface area contributed by atoms with Crippen LogP contribution in [0.5, 0.6) is 0 Å². The standard InChI is InChI=1S/C13H13F4NO3S2/c14-11-2-1-8(5-10(11)13(15,16)17)18-12(19)6-22-9-3-4-23(20,21)7-9/h1-2,5,9H,3-4,6-7H2,(H,18,19). The van der Waals surface area contributed by atoms with Crippen molar-refractivity contribution in [3.8, 4) is 0 Å². The van der Waals surface area contributed by atoms with Crippen molar-refractivity contribution >= 4 is 33.2 Å². The fraction of sp³-hybridized carbons (Fsp3) is 0.462. The summed E-state index contributed by atoms with van der Waals surface area (Å²) in [6.45, 7) is 0. The summed E-state index contributed by atoms with van der Waals surface area (Å²) in [7, 11) is -3.05. The minimum absolute atomic E-state index is 0.000281. The molecule has 1 atom stereocenters. The third-order valence-electron chi connectivity index (χ3n) is 3.20. The van der Waals surface area contributed by atoms with Crippen LogP contribution in [0.25, 0.3) is 0 Å². The Morgan fingerprint density at radius 3 is 2.61 bits per heavy atom. The number of carbonyl (C=O) groups is 1. The summed E-state index contributed by atoms with van der Waals surface area (Å²) in [5.41, 5.74) is -1.62. The molecule has 1 amide bonds. The van der Waals surface area contributed by atoms with Crippen LogP contribution < -0.4 is 5.32 Å². The van der Waals surface area contributed by atoms with Crippen molar-refractivity contribution < 1.29 is 30.8 Å². The molecule has 4 nitrogen and oxygen atoms in total. The third kappa shape index (κ3) is 5.10. The molecule has 10 heteroatoms. The molecule has 0 radical (unpaired) electrons. The van der Waals surface area contributed by atoms with E-state index in [2.05, 4.69) is 5.32 Å². The predicted molar refractivity (Wildman–Crippen MR) is 79.5 cm³/mol. The first-order valence-corrected chi connectivity index (χ1v) is 9.42. The number of nitrogens with one attached hydrogen (secondary N) is 1. The van der Waals surface area contributed by atoms with Gasteiger partial charge in [0, 0.05) is 10.9 Å². The van der Waals surface area contributed by atoms with E-state index in [4.69, 9.17) is 0 Å². The number of halogens is 4. The Morgan fingerprint density at radius 1 is 1.35 bits per heavy atom. The molecule has 1 heterocycles. The van der Waals surface area contributed by atoms with Crippen LogP contribution >= 0.6 is 11.8 Å². The number of alkyl halides is 3. The van der Waals surface area contributed by atoms with E-state index < -0.39 is 33.3 Å². The molecule has 0 aliphatic carbocycles. The Bertz CT molecular complexity index is 704. The van der Waals surface area contributed by atoms with Crippen molar-refractivity contribution in [2.75, 3.05) is 22.6 Å². The molecular weight excluding hydrogens is 358 g/mol. The van der Waals surface area contributed by atoms with Gasteiger partial charge in [-0.15, -0.1) is 11.8 Å². The average molecular weight is 371 g/mol. The lowest BCUT2D eigenvalue weighted by atomic mass is 10.2. The van der Waals surface area contributed by atoms with E-state index in [1.54, 1.807) is 0 Å². The Balaban J connectivity index is 1.93. The maximum Gasteiger partial charge on any atom is 0.419 e. The van der Waals surface area contributed by atoms with Gasteiger partial charge in [0.15, 0.2) is 9.84 Å². The molecule has 1 unspecified atom stereocenters. The minimum Gasteiger partial charge on any atom is -0.325 e. The van der Waals surface area contributed by atoms with E-state index in [1.807, 2.05) is 0 Å². The number of benzene rings is 1. The van der Waals surface area contributed by atoms with Crippen LogP contribution in [0, 0.1) is 5.82 Å². The van der Waals surface area contributed by atoms with E-state index in [-0.39, 0.29) is 28.2 Å². The maximum absolute atomic E-state index is 13.1. The molecule has 128 valence electrons. The Kier molecular flexibility index (Phi) is 5.24. The van der Waals surface area contributed by atoms with Crippen LogP contribution in [0.3, 0.4) is 0 Å². The molecule has 1 aromatic rings. The monoisotopic (exact) mass is 371 g/mol. The second-order valence-electron chi connectivity index (χ2n) is 5.08. The first kappa shape index (κ1) is 18.1. The number of rotatable bonds is 4. The van der Waals surface area contributed by atoms with E-state index >= 15 is 0 Å². The average Bonchev–Trinajstić information content (AvgIpc) is 2.77. The predicted octanol–water partition coefficient (Wildman–Crippen LogP) is 2.70. The van der Waals surface area contributed by atoms with Gasteiger partial charge in [-0.05, 0) is 24.6 Å². The smallest absolute Gasteiger partial charge is 0.325 e. The van der Waals surface area contributed by atoms with Crippen molar-refractivity contribution in [2.45, 2.75) is 17.8 Å². The normalized spacial score (nSPS) is 20.4. The van der Waals surface area contributed by atoms with Crippen molar-refractivity contribution in [1.29, 1.82) is 0 Å². The highest BCUT2D eigenvalue weighted by atomic mass is 32.2. The van der Waals surface area contributed by atoms with Gasteiger partial charge in [-0.2, -0.15) is 13.2 Å². The molecule has 0 bridgehead atoms. The highest BCUT2D eigenvalue weighted by molar-refractivity contribution is 8.02. The van der Waals surface area contributed by atoms with Gasteiger partial charge >= 0.3 is 6.18 Å². The van der Waals surface area contributed by atoms with Crippen molar-refractivity contribution in [3.05, 3.63) is 29.6 Å². The van der Waals surface area contributed by atoms with Crippen LogP contribution in [0.4, 0.5) is 23.2 Å². The minimum atomic E-state index is -4.85. The fourth-order valence-corrected chi connectivity index (χ4v) is 5.55. The van der Waals surface area contributed by atoms with E-state index in [0.29, 0.717) is 18.6 Å². The number of hydrogen-bond donors (Lipinski definition) is 1. The highest BCUT2D eigenvalue weighted by Crippen LogP contribution is 2.33. The highest BCUT2D eigenvalue weighted by Gasteiger charge is 2.34. The number of amides is 1. The molecule has 1 aromatic carbocycles. The van der Waals surface area contributed by atoms with Gasteiger partial charge in [0.1, 0.15) is 5.82 Å². The van der Waals surface area contributed by atoms with Crippen LogP contribution in [0.2, 0.25) is 0 Å². The summed E-state index contributed by atoms with van der Waals surface area (Å²) in [6.07, 6.45) is -4.40. The number of anilines is 1. The largest absolute Gasteiger partial charge is 0.419 e. The zero-order valence-corrected chi connectivity index (χ0v) is 13.3. The Hall–Kier alpha value is -1.29.